The Morgan fingerprint density at radius 3 is 2.75 bits per heavy atom. The Kier molecular flexibility index (Phi) is 8.09. The third-order valence-corrected chi connectivity index (χ3v) is 5.47. The quantitative estimate of drug-likeness (QED) is 0.625. The molecule has 1 fully saturated rings. The minimum Gasteiger partial charge on any atom is -0.353 e. The van der Waals surface area contributed by atoms with Crippen molar-refractivity contribution < 1.29 is 4.79 Å². The SMILES string of the molecule is CC(C)CCCC(C)NC(=O)CSc1n[nH]c(CC2CCCC2)n1. The molecule has 1 atom stereocenters. The summed E-state index contributed by atoms with van der Waals surface area (Å²) in [6.07, 6.45) is 9.72. The molecule has 0 radical (unpaired) electrons. The lowest BCUT2D eigenvalue weighted by Gasteiger charge is -2.14. The molecule has 0 bridgehead atoms. The molecular formula is C18H32N4OS. The second kappa shape index (κ2) is 10.1. The van der Waals surface area contributed by atoms with E-state index in [9.17, 15) is 4.79 Å². The maximum Gasteiger partial charge on any atom is 0.230 e. The van der Waals surface area contributed by atoms with Crippen LogP contribution < -0.4 is 5.32 Å². The van der Waals surface area contributed by atoms with Gasteiger partial charge in [0.2, 0.25) is 11.1 Å². The number of rotatable bonds is 10. The van der Waals surface area contributed by atoms with Gasteiger partial charge in [0.25, 0.3) is 0 Å². The Morgan fingerprint density at radius 1 is 1.29 bits per heavy atom. The van der Waals surface area contributed by atoms with Crippen LogP contribution in [0.3, 0.4) is 0 Å². The van der Waals surface area contributed by atoms with E-state index >= 15 is 0 Å². The lowest BCUT2D eigenvalue weighted by molar-refractivity contribution is -0.119. The van der Waals surface area contributed by atoms with Gasteiger partial charge in [0.15, 0.2) is 0 Å². The van der Waals surface area contributed by atoms with Gasteiger partial charge in [0, 0.05) is 12.5 Å². The van der Waals surface area contributed by atoms with E-state index < -0.39 is 0 Å². The van der Waals surface area contributed by atoms with E-state index in [4.69, 9.17) is 0 Å². The van der Waals surface area contributed by atoms with Crippen LogP contribution in [0.4, 0.5) is 0 Å². The van der Waals surface area contributed by atoms with E-state index in [2.05, 4.69) is 41.3 Å². The molecule has 0 spiro atoms. The number of H-pyrrole nitrogens is 1. The number of carbonyl (C=O) groups is 1. The average molecular weight is 353 g/mol. The van der Waals surface area contributed by atoms with Crippen LogP contribution in [-0.4, -0.2) is 32.9 Å². The molecule has 5 nitrogen and oxygen atoms in total. The summed E-state index contributed by atoms with van der Waals surface area (Å²) >= 11 is 1.41. The molecule has 1 aromatic rings. The topological polar surface area (TPSA) is 70.7 Å². The number of nitrogens with zero attached hydrogens (tertiary/aromatic N) is 2. The number of nitrogens with one attached hydrogen (secondary N) is 2. The molecule has 2 N–H and O–H groups in total. The second-order valence-electron chi connectivity index (χ2n) is 7.50. The molecule has 1 saturated carbocycles. The van der Waals surface area contributed by atoms with Gasteiger partial charge < -0.3 is 5.32 Å². The molecule has 24 heavy (non-hydrogen) atoms. The van der Waals surface area contributed by atoms with Crippen molar-refractivity contribution in [2.45, 2.75) is 83.3 Å². The van der Waals surface area contributed by atoms with Crippen molar-refractivity contribution in [1.29, 1.82) is 0 Å². The van der Waals surface area contributed by atoms with Crippen molar-refractivity contribution in [3.05, 3.63) is 5.82 Å². The van der Waals surface area contributed by atoms with Crippen molar-refractivity contribution in [3.8, 4) is 0 Å². The zero-order valence-corrected chi connectivity index (χ0v) is 16.1. The molecule has 0 saturated heterocycles. The highest BCUT2D eigenvalue weighted by Crippen LogP contribution is 2.27. The van der Waals surface area contributed by atoms with E-state index in [1.54, 1.807) is 0 Å². The van der Waals surface area contributed by atoms with Gasteiger partial charge in [-0.2, -0.15) is 0 Å². The maximum absolute atomic E-state index is 12.0. The van der Waals surface area contributed by atoms with Gasteiger partial charge in [-0.1, -0.05) is 64.1 Å². The maximum atomic E-state index is 12.0. The number of carbonyl (C=O) groups excluding carboxylic acids is 1. The Labute approximate surface area is 150 Å². The molecule has 6 heteroatoms. The summed E-state index contributed by atoms with van der Waals surface area (Å²) in [6.45, 7) is 6.55. The minimum absolute atomic E-state index is 0.0687. The van der Waals surface area contributed by atoms with Gasteiger partial charge in [-0.3, -0.25) is 9.89 Å². The Morgan fingerprint density at radius 2 is 2.04 bits per heavy atom. The fourth-order valence-corrected chi connectivity index (χ4v) is 3.90. The van der Waals surface area contributed by atoms with Crippen LogP contribution in [0.2, 0.25) is 0 Å². The van der Waals surface area contributed by atoms with E-state index in [0.717, 1.165) is 36.9 Å². The first kappa shape index (κ1) is 19.3. The molecule has 1 aromatic heterocycles. The number of aromatic amines is 1. The second-order valence-corrected chi connectivity index (χ2v) is 8.44. The number of hydrogen-bond acceptors (Lipinski definition) is 4. The number of hydrogen-bond donors (Lipinski definition) is 2. The third-order valence-electron chi connectivity index (χ3n) is 4.63. The molecule has 1 aliphatic carbocycles. The lowest BCUT2D eigenvalue weighted by atomic mass is 10.0. The molecule has 1 unspecified atom stereocenters. The Bertz CT molecular complexity index is 497. The molecule has 1 amide bonds. The van der Waals surface area contributed by atoms with Gasteiger partial charge in [-0.15, -0.1) is 5.10 Å². The zero-order chi connectivity index (χ0) is 17.4. The molecule has 136 valence electrons. The lowest BCUT2D eigenvalue weighted by Crippen LogP contribution is -2.33. The molecular weight excluding hydrogens is 320 g/mol. The van der Waals surface area contributed by atoms with Crippen LogP contribution in [-0.2, 0) is 11.2 Å². The van der Waals surface area contributed by atoms with Gasteiger partial charge in [-0.25, -0.2) is 4.98 Å². The third kappa shape index (κ3) is 7.24. The van der Waals surface area contributed by atoms with Crippen molar-refractivity contribution in [1.82, 2.24) is 20.5 Å². The first-order valence-corrected chi connectivity index (χ1v) is 10.3. The highest BCUT2D eigenvalue weighted by atomic mass is 32.2. The van der Waals surface area contributed by atoms with E-state index in [1.165, 1.54) is 43.9 Å². The number of aromatic nitrogens is 3. The average Bonchev–Trinajstić information content (AvgIpc) is 3.17. The number of thioether (sulfide) groups is 1. The predicted octanol–water partition coefficient (Wildman–Crippen LogP) is 3.96. The van der Waals surface area contributed by atoms with E-state index in [1.807, 2.05) is 0 Å². The van der Waals surface area contributed by atoms with Crippen molar-refractivity contribution in [2.75, 3.05) is 5.75 Å². The fraction of sp³-hybridized carbons (Fsp3) is 0.833. The van der Waals surface area contributed by atoms with Crippen LogP contribution in [0, 0.1) is 11.8 Å². The fourth-order valence-electron chi connectivity index (χ4n) is 3.27. The normalized spacial score (nSPS) is 16.7. The van der Waals surface area contributed by atoms with Gasteiger partial charge in [0.05, 0.1) is 5.75 Å². The van der Waals surface area contributed by atoms with Crippen LogP contribution in [0.1, 0.15) is 71.5 Å². The zero-order valence-electron chi connectivity index (χ0n) is 15.3. The van der Waals surface area contributed by atoms with E-state index in [0.29, 0.717) is 10.9 Å². The molecule has 1 aliphatic rings. The van der Waals surface area contributed by atoms with Crippen LogP contribution in [0.5, 0.6) is 0 Å². The summed E-state index contributed by atoms with van der Waals surface area (Å²) in [5.74, 6) is 2.90. The predicted molar refractivity (Wildman–Crippen MR) is 99.1 cm³/mol. The Balaban J connectivity index is 1.63. The molecule has 0 aromatic carbocycles. The van der Waals surface area contributed by atoms with Crippen molar-refractivity contribution in [2.24, 2.45) is 11.8 Å². The van der Waals surface area contributed by atoms with Crippen LogP contribution in [0.15, 0.2) is 5.16 Å². The van der Waals surface area contributed by atoms with Gasteiger partial charge in [0.1, 0.15) is 5.82 Å². The van der Waals surface area contributed by atoms with E-state index in [-0.39, 0.29) is 11.9 Å². The Hall–Kier alpha value is -1.04. The minimum atomic E-state index is 0.0687. The standard InChI is InChI=1S/C18H32N4OS/c1-13(2)7-6-8-14(3)19-17(23)12-24-18-20-16(21-22-18)11-15-9-4-5-10-15/h13-15H,4-12H2,1-3H3,(H,19,23)(H,20,21,22). The number of amides is 1. The first-order chi connectivity index (χ1) is 11.5. The summed E-state index contributed by atoms with van der Waals surface area (Å²) in [5.41, 5.74) is 0. The highest BCUT2D eigenvalue weighted by molar-refractivity contribution is 7.99. The smallest absolute Gasteiger partial charge is 0.230 e. The summed E-state index contributed by atoms with van der Waals surface area (Å²) in [4.78, 5) is 16.5. The summed E-state index contributed by atoms with van der Waals surface area (Å²) in [7, 11) is 0. The summed E-state index contributed by atoms with van der Waals surface area (Å²) in [5, 5.41) is 11.0. The highest BCUT2D eigenvalue weighted by Gasteiger charge is 2.17. The monoisotopic (exact) mass is 352 g/mol. The molecule has 2 rings (SSSR count). The van der Waals surface area contributed by atoms with Crippen LogP contribution >= 0.6 is 11.8 Å². The van der Waals surface area contributed by atoms with Gasteiger partial charge in [-0.05, 0) is 25.2 Å². The largest absolute Gasteiger partial charge is 0.353 e. The molecule has 0 aliphatic heterocycles. The van der Waals surface area contributed by atoms with Gasteiger partial charge >= 0.3 is 0 Å². The summed E-state index contributed by atoms with van der Waals surface area (Å²) < 4.78 is 0. The van der Waals surface area contributed by atoms with Crippen LogP contribution in [0.25, 0.3) is 0 Å². The summed E-state index contributed by atoms with van der Waals surface area (Å²) in [6, 6.07) is 0.238. The molecule has 1 heterocycles. The van der Waals surface area contributed by atoms with Crippen molar-refractivity contribution >= 4 is 17.7 Å². The van der Waals surface area contributed by atoms with Crippen molar-refractivity contribution in [3.63, 3.8) is 0 Å². The first-order valence-electron chi connectivity index (χ1n) is 9.36.